The molecule has 0 rings (SSSR count). The summed E-state index contributed by atoms with van der Waals surface area (Å²) in [6, 6.07) is 0. The number of hydrogen-bond acceptors (Lipinski definition) is 10. The molecule has 0 saturated heterocycles. The molecule has 0 aromatic rings. The summed E-state index contributed by atoms with van der Waals surface area (Å²) in [6.45, 7) is 6.72. The minimum absolute atomic E-state index is 0.118. The van der Waals surface area contributed by atoms with Gasteiger partial charge in [-0.1, -0.05) is 200 Å². The van der Waals surface area contributed by atoms with E-state index in [1.165, 1.54) is 135 Å². The number of carbonyl (C=O) groups is 5. The van der Waals surface area contributed by atoms with Crippen LogP contribution in [0.15, 0.2) is 12.2 Å². The molecule has 0 aliphatic heterocycles. The van der Waals surface area contributed by atoms with E-state index in [-0.39, 0.29) is 45.3 Å². The molecule has 0 amide bonds. The van der Waals surface area contributed by atoms with Crippen LogP contribution in [0.3, 0.4) is 0 Å². The van der Waals surface area contributed by atoms with Gasteiger partial charge in [0.2, 0.25) is 0 Å². The fraction of sp³-hybridized carbons (Fsp3) is 0.868. The molecule has 0 aromatic heterocycles. The smallest absolute Gasteiger partial charge is 0.306 e. The lowest BCUT2D eigenvalue weighted by atomic mass is 10.1. The van der Waals surface area contributed by atoms with Gasteiger partial charge in [-0.3, -0.25) is 24.0 Å². The summed E-state index contributed by atoms with van der Waals surface area (Å²) in [4.78, 5) is 62.3. The van der Waals surface area contributed by atoms with Crippen LogP contribution in [0.4, 0.5) is 0 Å². The van der Waals surface area contributed by atoms with Crippen molar-refractivity contribution in [2.24, 2.45) is 0 Å². The lowest BCUT2D eigenvalue weighted by Gasteiger charge is -2.18. The van der Waals surface area contributed by atoms with E-state index < -0.39 is 36.0 Å². The fourth-order valence-corrected chi connectivity index (χ4v) is 7.32. The Labute approximate surface area is 385 Å². The zero-order chi connectivity index (χ0) is 46.1. The van der Waals surface area contributed by atoms with Crippen molar-refractivity contribution in [1.29, 1.82) is 0 Å². The maximum Gasteiger partial charge on any atom is 0.306 e. The molecule has 1 unspecified atom stereocenters. The normalized spacial score (nSPS) is 11.7. The molecule has 0 radical (unpaired) electrons. The average Bonchev–Trinajstić information content (AvgIpc) is 3.28. The molecule has 0 saturated carbocycles. The number of esters is 5. The van der Waals surface area contributed by atoms with Gasteiger partial charge in [-0.2, -0.15) is 0 Å². The van der Waals surface area contributed by atoms with Crippen molar-refractivity contribution in [1.82, 2.24) is 0 Å². The van der Waals surface area contributed by atoms with Crippen molar-refractivity contribution in [3.63, 3.8) is 0 Å². The fourth-order valence-electron chi connectivity index (χ4n) is 7.32. The van der Waals surface area contributed by atoms with Gasteiger partial charge < -0.3 is 23.7 Å². The summed E-state index contributed by atoms with van der Waals surface area (Å²) in [5.74, 6) is -2.69. The Kier molecular flexibility index (Phi) is 46.3. The van der Waals surface area contributed by atoms with E-state index in [1.807, 2.05) is 0 Å². The van der Waals surface area contributed by atoms with Gasteiger partial charge in [-0.25, -0.2) is 0 Å². The van der Waals surface area contributed by atoms with Crippen LogP contribution >= 0.6 is 0 Å². The molecule has 0 aromatic carbocycles. The first-order valence-corrected chi connectivity index (χ1v) is 26.3. The quantitative estimate of drug-likeness (QED) is 0.0252. The molecule has 0 spiro atoms. The zero-order valence-electron chi connectivity index (χ0n) is 41.0. The number of ether oxygens (including phenoxy) is 5. The first-order chi connectivity index (χ1) is 30.8. The van der Waals surface area contributed by atoms with Gasteiger partial charge >= 0.3 is 29.8 Å². The number of carbonyl (C=O) groups excluding carboxylic acids is 5. The number of rotatable bonds is 48. The highest BCUT2D eigenvalue weighted by Crippen LogP contribution is 2.14. The van der Waals surface area contributed by atoms with E-state index in [9.17, 15) is 24.0 Å². The summed E-state index contributed by atoms with van der Waals surface area (Å²) in [5.41, 5.74) is 0. The average molecular weight is 893 g/mol. The van der Waals surface area contributed by atoms with Crippen LogP contribution in [0.1, 0.15) is 265 Å². The van der Waals surface area contributed by atoms with E-state index in [0.29, 0.717) is 19.6 Å². The van der Waals surface area contributed by atoms with Crippen molar-refractivity contribution in [3.05, 3.63) is 12.2 Å². The van der Waals surface area contributed by atoms with E-state index in [1.54, 1.807) is 0 Å². The Morgan fingerprint density at radius 2 is 0.603 bits per heavy atom. The van der Waals surface area contributed by atoms with Crippen LogP contribution < -0.4 is 0 Å². The van der Waals surface area contributed by atoms with Crippen LogP contribution in [-0.2, 0) is 47.7 Å². The topological polar surface area (TPSA) is 132 Å². The van der Waals surface area contributed by atoms with Gasteiger partial charge in [0, 0.05) is 6.42 Å². The van der Waals surface area contributed by atoms with Gasteiger partial charge in [0.1, 0.15) is 13.2 Å². The lowest BCUT2D eigenvalue weighted by Crippen LogP contribution is -2.31. The molecule has 63 heavy (non-hydrogen) atoms. The maximum atomic E-state index is 12.7. The summed E-state index contributed by atoms with van der Waals surface area (Å²) < 4.78 is 26.9. The van der Waals surface area contributed by atoms with E-state index in [2.05, 4.69) is 32.9 Å². The van der Waals surface area contributed by atoms with Crippen molar-refractivity contribution in [2.75, 3.05) is 26.4 Å². The van der Waals surface area contributed by atoms with Crippen molar-refractivity contribution in [3.8, 4) is 0 Å². The lowest BCUT2D eigenvalue weighted by molar-refractivity contribution is -0.168. The number of unbranched alkanes of at least 4 members (excludes halogenated alkanes) is 29. The second-order valence-corrected chi connectivity index (χ2v) is 17.6. The van der Waals surface area contributed by atoms with Crippen LogP contribution in [0.5, 0.6) is 0 Å². The number of hydrogen-bond donors (Lipinski definition) is 0. The highest BCUT2D eigenvalue weighted by Gasteiger charge is 2.21. The molecule has 0 heterocycles. The molecule has 10 nitrogen and oxygen atoms in total. The second-order valence-electron chi connectivity index (χ2n) is 17.6. The van der Waals surface area contributed by atoms with E-state index in [4.69, 9.17) is 23.7 Å². The third-order valence-electron chi connectivity index (χ3n) is 11.4. The zero-order valence-corrected chi connectivity index (χ0v) is 41.0. The molecule has 0 aliphatic carbocycles. The van der Waals surface area contributed by atoms with Crippen LogP contribution in [0.25, 0.3) is 0 Å². The second kappa shape index (κ2) is 48.5. The summed E-state index contributed by atoms with van der Waals surface area (Å²) >= 11 is 0. The van der Waals surface area contributed by atoms with Crippen LogP contribution in [0, 0.1) is 0 Å². The summed E-state index contributed by atoms with van der Waals surface area (Å²) in [5, 5.41) is 0. The molecule has 10 heteroatoms. The molecule has 0 aliphatic rings. The Hall–Kier alpha value is -2.91. The van der Waals surface area contributed by atoms with Crippen molar-refractivity contribution < 1.29 is 47.7 Å². The van der Waals surface area contributed by atoms with Crippen LogP contribution in [-0.4, -0.2) is 62.4 Å². The molecular weight excluding hydrogens is 797 g/mol. The highest BCUT2D eigenvalue weighted by molar-refractivity contribution is 5.78. The standard InChI is InChI=1S/C53H96O10/c1-4-7-10-13-16-19-22-23-24-25-26-27-30-33-36-39-49(54)61-46-48(63-53(58)43-42-51(56)60-45-38-35-32-29-21-18-15-12-9-6-3)47-62-52(57)41-40-50(55)59-44-37-34-31-28-20-17-14-11-8-5-2/h23-24,48H,4-22,25-47H2,1-3H3/b24-23-. The SMILES string of the molecule is CCCCCCCC/C=C\CCCCCCCC(=O)OCC(COC(=O)CCC(=O)OCCCCCCCCCCCC)OC(=O)CCC(=O)OCCCCCCCCCCCC. The molecule has 1 atom stereocenters. The van der Waals surface area contributed by atoms with E-state index >= 15 is 0 Å². The molecule has 0 bridgehead atoms. The summed E-state index contributed by atoms with van der Waals surface area (Å²) in [6.07, 6.45) is 41.9. The van der Waals surface area contributed by atoms with Gasteiger partial charge in [-0.05, 0) is 44.9 Å². The molecule has 0 N–H and O–H groups in total. The minimum atomic E-state index is -1.05. The van der Waals surface area contributed by atoms with Crippen molar-refractivity contribution in [2.45, 2.75) is 271 Å². The third-order valence-corrected chi connectivity index (χ3v) is 11.4. The number of allylic oxidation sites excluding steroid dienone is 2. The maximum absolute atomic E-state index is 12.7. The molecular formula is C53H96O10. The van der Waals surface area contributed by atoms with Crippen LogP contribution in [0.2, 0.25) is 0 Å². The monoisotopic (exact) mass is 893 g/mol. The minimum Gasteiger partial charge on any atom is -0.466 e. The Morgan fingerprint density at radius 3 is 0.984 bits per heavy atom. The predicted octanol–water partition coefficient (Wildman–Crippen LogP) is 14.5. The molecule has 368 valence electrons. The Bertz CT molecular complexity index is 1110. The Morgan fingerprint density at radius 1 is 0.317 bits per heavy atom. The molecule has 0 fully saturated rings. The van der Waals surface area contributed by atoms with E-state index in [0.717, 1.165) is 70.6 Å². The van der Waals surface area contributed by atoms with Gasteiger partial charge in [0.05, 0.1) is 38.9 Å². The first-order valence-electron chi connectivity index (χ1n) is 26.3. The Balaban J connectivity index is 4.53. The van der Waals surface area contributed by atoms with Gasteiger partial charge in [0.25, 0.3) is 0 Å². The third kappa shape index (κ3) is 46.9. The predicted molar refractivity (Wildman–Crippen MR) is 255 cm³/mol. The highest BCUT2D eigenvalue weighted by atomic mass is 16.6. The van der Waals surface area contributed by atoms with Gasteiger partial charge in [-0.15, -0.1) is 0 Å². The summed E-state index contributed by atoms with van der Waals surface area (Å²) in [7, 11) is 0. The largest absolute Gasteiger partial charge is 0.466 e. The van der Waals surface area contributed by atoms with Crippen molar-refractivity contribution >= 4 is 29.8 Å². The van der Waals surface area contributed by atoms with Gasteiger partial charge in [0.15, 0.2) is 6.10 Å². The first kappa shape index (κ1) is 60.1.